The van der Waals surface area contributed by atoms with Crippen LogP contribution in [0.3, 0.4) is 0 Å². The Morgan fingerprint density at radius 2 is 1.81 bits per heavy atom. The van der Waals surface area contributed by atoms with Gasteiger partial charge in [-0.25, -0.2) is 4.79 Å². The average Bonchev–Trinajstić information content (AvgIpc) is 2.50. The fourth-order valence-electron chi connectivity index (χ4n) is 1.96. The van der Waals surface area contributed by atoms with E-state index in [4.69, 9.17) is 10.2 Å². The minimum absolute atomic E-state index is 0.291. The number of benzene rings is 1. The first-order valence-electron chi connectivity index (χ1n) is 6.51. The Morgan fingerprint density at radius 1 is 1.14 bits per heavy atom. The lowest BCUT2D eigenvalue weighted by molar-refractivity contribution is 0.149. The summed E-state index contributed by atoms with van der Waals surface area (Å²) in [6.45, 7) is -0.518. The van der Waals surface area contributed by atoms with Crippen molar-refractivity contribution in [1.29, 1.82) is 0 Å². The van der Waals surface area contributed by atoms with Gasteiger partial charge in [0.2, 0.25) is 0 Å². The zero-order valence-corrected chi connectivity index (χ0v) is 11.3. The van der Waals surface area contributed by atoms with Crippen molar-refractivity contribution in [3.8, 4) is 0 Å². The second-order valence-electron chi connectivity index (χ2n) is 4.55. The highest BCUT2D eigenvalue weighted by atomic mass is 16.3. The number of rotatable bonds is 6. The summed E-state index contributed by atoms with van der Waals surface area (Å²) in [5.74, 6) is 0.291. The molecule has 0 saturated heterocycles. The van der Waals surface area contributed by atoms with Gasteiger partial charge in [-0.15, -0.1) is 0 Å². The third kappa shape index (κ3) is 3.59. The highest BCUT2D eigenvalue weighted by Crippen LogP contribution is 2.03. The summed E-state index contributed by atoms with van der Waals surface area (Å²) in [7, 11) is 0. The maximum absolute atomic E-state index is 11.9. The Morgan fingerprint density at radius 3 is 2.38 bits per heavy atom. The molecule has 0 radical (unpaired) electrons. The molecule has 7 heteroatoms. The van der Waals surface area contributed by atoms with E-state index in [1.807, 2.05) is 30.3 Å². The summed E-state index contributed by atoms with van der Waals surface area (Å²) in [5, 5.41) is 21.1. The maximum Gasteiger partial charge on any atom is 0.330 e. The molecule has 2 aromatic rings. The van der Waals surface area contributed by atoms with Crippen molar-refractivity contribution in [2.24, 2.45) is 0 Å². The fourth-order valence-corrected chi connectivity index (χ4v) is 1.96. The highest BCUT2D eigenvalue weighted by Gasteiger charge is 2.14. The molecule has 2 rings (SSSR count). The first kappa shape index (κ1) is 15.0. The number of nitrogens with one attached hydrogen (secondary N) is 2. The van der Waals surface area contributed by atoms with Crippen LogP contribution < -0.4 is 16.6 Å². The first-order valence-corrected chi connectivity index (χ1v) is 6.51. The highest BCUT2D eigenvalue weighted by molar-refractivity contribution is 5.33. The first-order chi connectivity index (χ1) is 10.2. The number of aromatic amines is 1. The molecular weight excluding hydrogens is 274 g/mol. The van der Waals surface area contributed by atoms with Gasteiger partial charge < -0.3 is 15.5 Å². The minimum Gasteiger partial charge on any atom is -0.394 e. The zero-order valence-electron chi connectivity index (χ0n) is 11.3. The minimum atomic E-state index is -0.940. The Balaban J connectivity index is 2.20. The van der Waals surface area contributed by atoms with Crippen LogP contribution >= 0.6 is 0 Å². The van der Waals surface area contributed by atoms with Crippen LogP contribution in [0.1, 0.15) is 11.6 Å². The van der Waals surface area contributed by atoms with E-state index in [1.165, 1.54) is 6.07 Å². The van der Waals surface area contributed by atoms with Crippen LogP contribution in [0.5, 0.6) is 0 Å². The number of anilines is 1. The van der Waals surface area contributed by atoms with Gasteiger partial charge in [-0.2, -0.15) is 0 Å². The van der Waals surface area contributed by atoms with E-state index >= 15 is 0 Å². The van der Waals surface area contributed by atoms with Crippen LogP contribution in [0.4, 0.5) is 5.82 Å². The molecule has 0 aliphatic heterocycles. The SMILES string of the molecule is O=c1cc(NCc2ccccc2)[nH]c(=O)n1C(CO)CO. The number of aliphatic hydroxyl groups excluding tert-OH is 2. The van der Waals surface area contributed by atoms with Gasteiger partial charge in [-0.1, -0.05) is 30.3 Å². The Labute approximate surface area is 120 Å². The van der Waals surface area contributed by atoms with Crippen LogP contribution in [-0.2, 0) is 6.54 Å². The molecule has 21 heavy (non-hydrogen) atoms. The summed E-state index contributed by atoms with van der Waals surface area (Å²) in [6.07, 6.45) is 0. The number of hydrogen-bond acceptors (Lipinski definition) is 5. The van der Waals surface area contributed by atoms with E-state index in [-0.39, 0.29) is 0 Å². The number of H-pyrrole nitrogens is 1. The number of hydrogen-bond donors (Lipinski definition) is 4. The van der Waals surface area contributed by atoms with Gasteiger partial charge in [0, 0.05) is 12.6 Å². The molecule has 0 fully saturated rings. The quantitative estimate of drug-likeness (QED) is 0.583. The van der Waals surface area contributed by atoms with Crippen molar-refractivity contribution >= 4 is 5.82 Å². The Bertz CT molecular complexity index is 658. The normalized spacial score (nSPS) is 10.8. The number of aromatic nitrogens is 2. The van der Waals surface area contributed by atoms with Crippen molar-refractivity contribution in [1.82, 2.24) is 9.55 Å². The van der Waals surface area contributed by atoms with E-state index in [9.17, 15) is 9.59 Å². The van der Waals surface area contributed by atoms with Crippen LogP contribution in [0.25, 0.3) is 0 Å². The molecule has 0 atom stereocenters. The molecule has 0 bridgehead atoms. The molecule has 0 saturated carbocycles. The number of nitrogens with zero attached hydrogens (tertiary/aromatic N) is 1. The van der Waals surface area contributed by atoms with Gasteiger partial charge in [-0.05, 0) is 5.56 Å². The van der Waals surface area contributed by atoms with Crippen molar-refractivity contribution in [3.05, 3.63) is 62.8 Å². The molecule has 4 N–H and O–H groups in total. The topological polar surface area (TPSA) is 107 Å². The van der Waals surface area contributed by atoms with Gasteiger partial charge in [0.15, 0.2) is 0 Å². The largest absolute Gasteiger partial charge is 0.394 e. The molecule has 0 amide bonds. The van der Waals surface area contributed by atoms with Crippen LogP contribution in [-0.4, -0.2) is 33.0 Å². The molecule has 1 aromatic heterocycles. The number of aliphatic hydroxyl groups is 2. The standard InChI is InChI=1S/C14H17N3O4/c18-8-11(9-19)17-13(20)6-12(16-14(17)21)15-7-10-4-2-1-3-5-10/h1-6,11,15,18-19H,7-9H2,(H,16,21). The van der Waals surface area contributed by atoms with E-state index in [0.717, 1.165) is 10.1 Å². The third-order valence-electron chi connectivity index (χ3n) is 3.08. The van der Waals surface area contributed by atoms with Gasteiger partial charge in [-0.3, -0.25) is 14.3 Å². The van der Waals surface area contributed by atoms with Crippen LogP contribution in [0.15, 0.2) is 46.0 Å². The van der Waals surface area contributed by atoms with Crippen molar-refractivity contribution in [3.63, 3.8) is 0 Å². The second-order valence-corrected chi connectivity index (χ2v) is 4.55. The average molecular weight is 291 g/mol. The second kappa shape index (κ2) is 6.87. The van der Waals surface area contributed by atoms with Crippen molar-refractivity contribution < 1.29 is 10.2 Å². The van der Waals surface area contributed by atoms with Crippen molar-refractivity contribution in [2.75, 3.05) is 18.5 Å². The molecule has 0 unspecified atom stereocenters. The summed E-state index contributed by atoms with van der Waals surface area (Å²) >= 11 is 0. The lowest BCUT2D eigenvalue weighted by Crippen LogP contribution is -2.40. The van der Waals surface area contributed by atoms with Crippen LogP contribution in [0.2, 0.25) is 0 Å². The predicted octanol–water partition coefficient (Wildman–Crippen LogP) is -0.326. The smallest absolute Gasteiger partial charge is 0.330 e. The summed E-state index contributed by atoms with van der Waals surface area (Å²) in [6, 6.07) is 9.80. The third-order valence-corrected chi connectivity index (χ3v) is 3.08. The van der Waals surface area contributed by atoms with E-state index < -0.39 is 30.5 Å². The molecular formula is C14H17N3O4. The Kier molecular flexibility index (Phi) is 4.91. The van der Waals surface area contributed by atoms with E-state index in [1.54, 1.807) is 0 Å². The van der Waals surface area contributed by atoms with Gasteiger partial charge in [0.25, 0.3) is 5.56 Å². The molecule has 1 heterocycles. The Hall–Kier alpha value is -2.38. The lowest BCUT2D eigenvalue weighted by atomic mass is 10.2. The molecule has 7 nitrogen and oxygen atoms in total. The van der Waals surface area contributed by atoms with E-state index in [2.05, 4.69) is 10.3 Å². The van der Waals surface area contributed by atoms with Gasteiger partial charge in [0.05, 0.1) is 19.3 Å². The molecule has 0 aliphatic carbocycles. The monoisotopic (exact) mass is 291 g/mol. The summed E-state index contributed by atoms with van der Waals surface area (Å²) < 4.78 is 0.799. The summed E-state index contributed by atoms with van der Waals surface area (Å²) in [5.41, 5.74) is -0.250. The maximum atomic E-state index is 11.9. The molecule has 112 valence electrons. The van der Waals surface area contributed by atoms with Gasteiger partial charge in [0.1, 0.15) is 5.82 Å². The lowest BCUT2D eigenvalue weighted by Gasteiger charge is -2.14. The fraction of sp³-hybridized carbons (Fsp3) is 0.286. The van der Waals surface area contributed by atoms with E-state index in [0.29, 0.717) is 12.4 Å². The van der Waals surface area contributed by atoms with Gasteiger partial charge >= 0.3 is 5.69 Å². The predicted molar refractivity (Wildman–Crippen MR) is 78.3 cm³/mol. The molecule has 1 aromatic carbocycles. The summed E-state index contributed by atoms with van der Waals surface area (Å²) in [4.78, 5) is 26.3. The van der Waals surface area contributed by atoms with Crippen LogP contribution in [0, 0.1) is 0 Å². The van der Waals surface area contributed by atoms with Crippen molar-refractivity contribution in [2.45, 2.75) is 12.6 Å². The zero-order chi connectivity index (χ0) is 15.2. The molecule has 0 aliphatic rings. The molecule has 0 spiro atoms.